The molecule has 0 saturated heterocycles. The highest BCUT2D eigenvalue weighted by atomic mass is 19.4. The highest BCUT2D eigenvalue weighted by Crippen LogP contribution is 2.33. The molecule has 11 heteroatoms. The molecule has 0 bridgehead atoms. The van der Waals surface area contributed by atoms with Crippen LogP contribution in [0.3, 0.4) is 0 Å². The summed E-state index contributed by atoms with van der Waals surface area (Å²) in [6.45, 7) is 6.79. The van der Waals surface area contributed by atoms with Gasteiger partial charge in [0.25, 0.3) is 11.6 Å². The van der Waals surface area contributed by atoms with Crippen molar-refractivity contribution in [2.45, 2.75) is 39.3 Å². The monoisotopic (exact) mass is 421 g/mol. The van der Waals surface area contributed by atoms with Crippen LogP contribution in [-0.2, 0) is 11.6 Å². The lowest BCUT2D eigenvalue weighted by Crippen LogP contribution is -2.20. The summed E-state index contributed by atoms with van der Waals surface area (Å²) in [6.07, 6.45) is -4.73. The summed E-state index contributed by atoms with van der Waals surface area (Å²) in [4.78, 5) is 27.3. The topological polar surface area (TPSA) is 102 Å². The second kappa shape index (κ2) is 7.08. The Hall–Kier alpha value is -3.50. The number of nitro benzene ring substituents is 1. The first-order valence-corrected chi connectivity index (χ1v) is 8.82. The summed E-state index contributed by atoms with van der Waals surface area (Å²) < 4.78 is 41.2. The molecule has 3 rings (SSSR count). The lowest BCUT2D eigenvalue weighted by atomic mass is 9.91. The fourth-order valence-electron chi connectivity index (χ4n) is 2.76. The van der Waals surface area contributed by atoms with E-state index in [0.717, 1.165) is 12.1 Å². The van der Waals surface area contributed by atoms with Gasteiger partial charge in [-0.15, -0.1) is 0 Å². The fourth-order valence-corrected chi connectivity index (χ4v) is 2.76. The zero-order chi connectivity index (χ0) is 22.4. The number of carbonyl (C=O) groups is 1. The van der Waals surface area contributed by atoms with E-state index >= 15 is 0 Å². The first kappa shape index (κ1) is 21.2. The van der Waals surface area contributed by atoms with E-state index in [1.165, 1.54) is 12.1 Å². The van der Waals surface area contributed by atoms with E-state index in [0.29, 0.717) is 10.1 Å². The molecular weight excluding hydrogens is 403 g/mol. The minimum absolute atomic E-state index is 0.0907. The molecule has 0 aliphatic carbocycles. The van der Waals surface area contributed by atoms with E-state index in [-0.39, 0.29) is 28.4 Å². The molecule has 1 aromatic carbocycles. The number of amides is 1. The minimum atomic E-state index is -4.73. The Morgan fingerprint density at radius 1 is 1.17 bits per heavy atom. The van der Waals surface area contributed by atoms with Crippen LogP contribution in [0.4, 0.5) is 24.5 Å². The van der Waals surface area contributed by atoms with E-state index in [2.05, 4.69) is 15.4 Å². The number of rotatable bonds is 3. The zero-order valence-corrected chi connectivity index (χ0v) is 16.5. The third-order valence-corrected chi connectivity index (χ3v) is 4.32. The Morgan fingerprint density at radius 2 is 1.83 bits per heavy atom. The summed E-state index contributed by atoms with van der Waals surface area (Å²) in [6, 6.07) is 6.19. The molecular formula is C19H18F3N5O3. The molecule has 2 aromatic heterocycles. The second-order valence-electron chi connectivity index (χ2n) is 7.81. The lowest BCUT2D eigenvalue weighted by molar-refractivity contribution is -0.384. The van der Waals surface area contributed by atoms with Gasteiger partial charge in [-0.2, -0.15) is 18.3 Å². The molecule has 158 valence electrons. The van der Waals surface area contributed by atoms with Crippen molar-refractivity contribution in [2.75, 3.05) is 5.32 Å². The SMILES string of the molecule is Cc1ccc(NC(=O)c2cc3nc(C(C)(C)C)cc(C(F)(F)F)n3n2)c([N+](=O)[O-])c1. The third kappa shape index (κ3) is 4.09. The molecule has 1 N–H and O–H groups in total. The predicted molar refractivity (Wildman–Crippen MR) is 102 cm³/mol. The maximum atomic E-state index is 13.6. The van der Waals surface area contributed by atoms with Crippen LogP contribution >= 0.6 is 0 Å². The van der Waals surface area contributed by atoms with Crippen molar-refractivity contribution in [3.8, 4) is 0 Å². The van der Waals surface area contributed by atoms with Gasteiger partial charge < -0.3 is 5.32 Å². The Bertz CT molecular complexity index is 1160. The number of benzene rings is 1. The van der Waals surface area contributed by atoms with Gasteiger partial charge in [-0.25, -0.2) is 9.50 Å². The standard InChI is InChI=1S/C19H18F3N5O3/c1-10-5-6-11(13(7-10)27(29)30)23-17(28)12-8-16-24-14(18(2,3)4)9-15(19(20,21)22)26(16)25-12/h5-9H,1-4H3,(H,23,28). The van der Waals surface area contributed by atoms with Crippen molar-refractivity contribution < 1.29 is 22.9 Å². The number of fused-ring (bicyclic) bond motifs is 1. The average molecular weight is 421 g/mol. The number of hydrogen-bond donors (Lipinski definition) is 1. The Morgan fingerprint density at radius 3 is 2.40 bits per heavy atom. The first-order valence-electron chi connectivity index (χ1n) is 8.82. The van der Waals surface area contributed by atoms with Gasteiger partial charge in [-0.3, -0.25) is 14.9 Å². The zero-order valence-electron chi connectivity index (χ0n) is 16.5. The summed E-state index contributed by atoms with van der Waals surface area (Å²) in [7, 11) is 0. The van der Waals surface area contributed by atoms with Gasteiger partial charge in [-0.1, -0.05) is 26.8 Å². The van der Waals surface area contributed by atoms with Crippen LogP contribution in [0.1, 0.15) is 48.2 Å². The number of nitrogens with zero attached hydrogens (tertiary/aromatic N) is 4. The van der Waals surface area contributed by atoms with Crippen molar-refractivity contribution in [3.05, 3.63) is 63.1 Å². The summed E-state index contributed by atoms with van der Waals surface area (Å²) in [5.41, 5.74) is -1.88. The molecule has 0 fully saturated rings. The molecule has 0 saturated carbocycles. The molecule has 0 radical (unpaired) electrons. The number of aromatic nitrogens is 3. The van der Waals surface area contributed by atoms with Gasteiger partial charge in [0.15, 0.2) is 11.3 Å². The highest BCUT2D eigenvalue weighted by Gasteiger charge is 2.36. The minimum Gasteiger partial charge on any atom is -0.315 e. The van der Waals surface area contributed by atoms with E-state index in [1.807, 2.05) is 0 Å². The van der Waals surface area contributed by atoms with Crippen LogP contribution in [0.5, 0.6) is 0 Å². The van der Waals surface area contributed by atoms with E-state index in [4.69, 9.17) is 0 Å². The molecule has 0 aliphatic heterocycles. The average Bonchev–Trinajstić information content (AvgIpc) is 3.04. The quantitative estimate of drug-likeness (QED) is 0.495. The van der Waals surface area contributed by atoms with Gasteiger partial charge in [-0.05, 0) is 24.6 Å². The molecule has 30 heavy (non-hydrogen) atoms. The van der Waals surface area contributed by atoms with Crippen molar-refractivity contribution >= 4 is 22.9 Å². The van der Waals surface area contributed by atoms with E-state index in [9.17, 15) is 28.1 Å². The van der Waals surface area contributed by atoms with Gasteiger partial charge in [0, 0.05) is 17.5 Å². The molecule has 3 aromatic rings. The lowest BCUT2D eigenvalue weighted by Gasteiger charge is -2.19. The van der Waals surface area contributed by atoms with Gasteiger partial charge in [0.2, 0.25) is 0 Å². The van der Waals surface area contributed by atoms with E-state index < -0.39 is 28.1 Å². The summed E-state index contributed by atoms with van der Waals surface area (Å²) >= 11 is 0. The number of anilines is 1. The largest absolute Gasteiger partial charge is 0.433 e. The van der Waals surface area contributed by atoms with Crippen LogP contribution < -0.4 is 5.32 Å². The first-order chi connectivity index (χ1) is 13.8. The molecule has 0 aliphatic rings. The molecule has 1 amide bonds. The normalized spacial score (nSPS) is 12.2. The van der Waals surface area contributed by atoms with Crippen LogP contribution in [0.25, 0.3) is 5.65 Å². The Kier molecular flexibility index (Phi) is 5.01. The van der Waals surface area contributed by atoms with Gasteiger partial charge in [0.05, 0.1) is 10.6 Å². The van der Waals surface area contributed by atoms with Crippen molar-refractivity contribution in [1.82, 2.24) is 14.6 Å². The maximum Gasteiger partial charge on any atom is 0.433 e. The van der Waals surface area contributed by atoms with Crippen molar-refractivity contribution in [3.63, 3.8) is 0 Å². The number of alkyl halides is 3. The van der Waals surface area contributed by atoms with Crippen molar-refractivity contribution in [2.24, 2.45) is 0 Å². The number of carbonyl (C=O) groups excluding carboxylic acids is 1. The molecule has 8 nitrogen and oxygen atoms in total. The molecule has 0 spiro atoms. The summed E-state index contributed by atoms with van der Waals surface area (Å²) in [5, 5.41) is 17.3. The van der Waals surface area contributed by atoms with E-state index in [1.54, 1.807) is 33.8 Å². The molecule has 0 unspecified atom stereocenters. The predicted octanol–water partition coefficient (Wildman–Crippen LogP) is 4.51. The number of nitro groups is 1. The van der Waals surface area contributed by atoms with Crippen LogP contribution in [0, 0.1) is 17.0 Å². The highest BCUT2D eigenvalue weighted by molar-refractivity contribution is 6.04. The van der Waals surface area contributed by atoms with Crippen LogP contribution in [-0.4, -0.2) is 25.4 Å². The van der Waals surface area contributed by atoms with Crippen molar-refractivity contribution in [1.29, 1.82) is 0 Å². The Balaban J connectivity index is 2.08. The van der Waals surface area contributed by atoms with Gasteiger partial charge in [0.1, 0.15) is 11.4 Å². The number of halogens is 3. The fraction of sp³-hybridized carbons (Fsp3) is 0.316. The smallest absolute Gasteiger partial charge is 0.315 e. The van der Waals surface area contributed by atoms with Crippen LogP contribution in [0.15, 0.2) is 30.3 Å². The molecule has 0 atom stereocenters. The van der Waals surface area contributed by atoms with Crippen LogP contribution in [0.2, 0.25) is 0 Å². The number of hydrogen-bond acceptors (Lipinski definition) is 5. The molecule has 2 heterocycles. The third-order valence-electron chi connectivity index (χ3n) is 4.32. The number of nitrogens with one attached hydrogen (secondary N) is 1. The maximum absolute atomic E-state index is 13.6. The van der Waals surface area contributed by atoms with Gasteiger partial charge >= 0.3 is 6.18 Å². The number of aryl methyl sites for hydroxylation is 1. The second-order valence-corrected chi connectivity index (χ2v) is 7.81. The summed E-state index contributed by atoms with van der Waals surface area (Å²) in [5.74, 6) is -0.891. The Labute approximate surface area is 168 Å².